The number of nitrogens with one attached hydrogen (secondary N) is 1. The first-order valence-corrected chi connectivity index (χ1v) is 7.28. The van der Waals surface area contributed by atoms with Crippen LogP contribution in [0.25, 0.3) is 0 Å². The lowest BCUT2D eigenvalue weighted by Crippen LogP contribution is -2.32. The van der Waals surface area contributed by atoms with Gasteiger partial charge in [-0.15, -0.1) is 0 Å². The maximum absolute atomic E-state index is 9.83. The van der Waals surface area contributed by atoms with Gasteiger partial charge in [0.15, 0.2) is 5.75 Å². The molecule has 3 rings (SSSR count). The summed E-state index contributed by atoms with van der Waals surface area (Å²) in [5.74, 6) is 1.06. The van der Waals surface area contributed by atoms with Gasteiger partial charge in [0, 0.05) is 12.6 Å². The molecule has 0 amide bonds. The second-order valence-corrected chi connectivity index (χ2v) is 5.66. The fourth-order valence-electron chi connectivity index (χ4n) is 2.98. The summed E-state index contributed by atoms with van der Waals surface area (Å²) < 4.78 is 7.47. The zero-order valence-corrected chi connectivity index (χ0v) is 12.6. The monoisotopic (exact) mass is 287 g/mol. The number of ether oxygens (including phenoxy) is 1. The van der Waals surface area contributed by atoms with Gasteiger partial charge in [0.25, 0.3) is 0 Å². The van der Waals surface area contributed by atoms with Crippen molar-refractivity contribution in [1.29, 1.82) is 0 Å². The van der Waals surface area contributed by atoms with E-state index in [9.17, 15) is 5.11 Å². The number of hydrogen-bond acceptors (Lipinski definition) is 4. The fraction of sp³-hybridized carbons (Fsp3) is 0.438. The highest BCUT2D eigenvalue weighted by atomic mass is 16.5. The van der Waals surface area contributed by atoms with Crippen LogP contribution >= 0.6 is 0 Å². The highest BCUT2D eigenvalue weighted by molar-refractivity contribution is 5.45. The molecule has 2 N–H and O–H groups in total. The Hall–Kier alpha value is -2.01. The number of rotatable bonds is 3. The van der Waals surface area contributed by atoms with Crippen LogP contribution in [0, 0.1) is 0 Å². The van der Waals surface area contributed by atoms with E-state index in [1.807, 2.05) is 16.8 Å². The van der Waals surface area contributed by atoms with Gasteiger partial charge in [-0.25, -0.2) is 0 Å². The second-order valence-electron chi connectivity index (χ2n) is 5.66. The molecule has 5 nitrogen and oxygen atoms in total. The first kappa shape index (κ1) is 13.9. The zero-order valence-electron chi connectivity index (χ0n) is 12.6. The Bertz CT molecular complexity index is 649. The molecule has 112 valence electrons. The Labute approximate surface area is 124 Å². The van der Waals surface area contributed by atoms with E-state index in [0.717, 1.165) is 30.0 Å². The molecule has 1 atom stereocenters. The smallest absolute Gasteiger partial charge is 0.161 e. The summed E-state index contributed by atoms with van der Waals surface area (Å²) in [6.07, 6.45) is 2.72. The van der Waals surface area contributed by atoms with Crippen LogP contribution in [0.4, 0.5) is 0 Å². The van der Waals surface area contributed by atoms with Crippen LogP contribution in [0.1, 0.15) is 42.8 Å². The van der Waals surface area contributed by atoms with Crippen molar-refractivity contribution in [1.82, 2.24) is 15.1 Å². The van der Waals surface area contributed by atoms with E-state index in [1.165, 1.54) is 5.56 Å². The van der Waals surface area contributed by atoms with Gasteiger partial charge in [-0.2, -0.15) is 5.10 Å². The van der Waals surface area contributed by atoms with Gasteiger partial charge < -0.3 is 15.2 Å². The normalized spacial score (nSPS) is 17.8. The van der Waals surface area contributed by atoms with E-state index in [4.69, 9.17) is 4.74 Å². The summed E-state index contributed by atoms with van der Waals surface area (Å²) in [6.45, 7) is 5.10. The standard InChI is InChI=1S/C16H21N3O2/c1-10(2)19-16(14(21-3)9-18-19)15-13-8-12(20)5-4-11(13)6-7-17-15/h4-5,8-10,15,17,20H,6-7H2,1-3H3. The summed E-state index contributed by atoms with van der Waals surface area (Å²) in [4.78, 5) is 0. The van der Waals surface area contributed by atoms with Gasteiger partial charge in [-0.1, -0.05) is 6.07 Å². The van der Waals surface area contributed by atoms with E-state index in [2.05, 4.69) is 24.3 Å². The van der Waals surface area contributed by atoms with Crippen molar-refractivity contribution < 1.29 is 9.84 Å². The third-order valence-corrected chi connectivity index (χ3v) is 3.96. The number of fused-ring (bicyclic) bond motifs is 1. The largest absolute Gasteiger partial charge is 0.508 e. The first-order chi connectivity index (χ1) is 10.1. The molecule has 0 bridgehead atoms. The van der Waals surface area contributed by atoms with Crippen LogP contribution < -0.4 is 10.1 Å². The van der Waals surface area contributed by atoms with E-state index >= 15 is 0 Å². The topological polar surface area (TPSA) is 59.3 Å². The lowest BCUT2D eigenvalue weighted by atomic mass is 9.91. The maximum Gasteiger partial charge on any atom is 0.161 e. The predicted octanol–water partition coefficient (Wildman–Crippen LogP) is 2.41. The molecule has 0 spiro atoms. The summed E-state index contributed by atoms with van der Waals surface area (Å²) in [5, 5.41) is 17.8. The third-order valence-electron chi connectivity index (χ3n) is 3.96. The minimum absolute atomic E-state index is 0.0132. The van der Waals surface area contributed by atoms with Crippen LogP contribution in [-0.4, -0.2) is 28.5 Å². The molecule has 5 heteroatoms. The quantitative estimate of drug-likeness (QED) is 0.910. The SMILES string of the molecule is COc1cnn(C(C)C)c1C1NCCc2ccc(O)cc21. The molecule has 1 aliphatic heterocycles. The number of phenolic OH excluding ortho intramolecular Hbond substituents is 1. The number of phenols is 1. The molecular formula is C16H21N3O2. The highest BCUT2D eigenvalue weighted by Gasteiger charge is 2.28. The molecule has 0 saturated carbocycles. The molecule has 1 aliphatic rings. The average Bonchev–Trinajstić information content (AvgIpc) is 2.90. The molecule has 2 aromatic rings. The van der Waals surface area contributed by atoms with Crippen LogP contribution in [-0.2, 0) is 6.42 Å². The summed E-state index contributed by atoms with van der Waals surface area (Å²) in [6, 6.07) is 5.82. The van der Waals surface area contributed by atoms with Gasteiger partial charge in [0.1, 0.15) is 11.4 Å². The number of aromatic hydroxyl groups is 1. The Balaban J connectivity index is 2.14. The van der Waals surface area contributed by atoms with Crippen molar-refractivity contribution >= 4 is 0 Å². The molecule has 0 aliphatic carbocycles. The average molecular weight is 287 g/mol. The van der Waals surface area contributed by atoms with Crippen LogP contribution in [0.15, 0.2) is 24.4 Å². The van der Waals surface area contributed by atoms with E-state index < -0.39 is 0 Å². The van der Waals surface area contributed by atoms with Crippen molar-refractivity contribution in [2.45, 2.75) is 32.4 Å². The molecule has 0 saturated heterocycles. The number of aromatic nitrogens is 2. The fourth-order valence-corrected chi connectivity index (χ4v) is 2.98. The second kappa shape index (κ2) is 5.41. The number of nitrogens with zero attached hydrogens (tertiary/aromatic N) is 2. The van der Waals surface area contributed by atoms with Gasteiger partial charge in [-0.3, -0.25) is 4.68 Å². The van der Waals surface area contributed by atoms with Gasteiger partial charge in [0.2, 0.25) is 0 Å². The van der Waals surface area contributed by atoms with Gasteiger partial charge in [0.05, 0.1) is 19.3 Å². The van der Waals surface area contributed by atoms with Gasteiger partial charge in [-0.05, 0) is 43.5 Å². The van der Waals surface area contributed by atoms with E-state index in [1.54, 1.807) is 19.4 Å². The van der Waals surface area contributed by atoms with Crippen LogP contribution in [0.3, 0.4) is 0 Å². The molecular weight excluding hydrogens is 266 g/mol. The molecule has 0 radical (unpaired) electrons. The Morgan fingerprint density at radius 1 is 1.43 bits per heavy atom. The number of benzene rings is 1. The van der Waals surface area contributed by atoms with Crippen molar-refractivity contribution in [3.05, 3.63) is 41.2 Å². The van der Waals surface area contributed by atoms with Gasteiger partial charge >= 0.3 is 0 Å². The summed E-state index contributed by atoms with van der Waals surface area (Å²) >= 11 is 0. The molecule has 1 unspecified atom stereocenters. The van der Waals surface area contributed by atoms with Crippen molar-refractivity contribution in [2.75, 3.05) is 13.7 Å². The van der Waals surface area contributed by atoms with Crippen molar-refractivity contribution in [2.24, 2.45) is 0 Å². The van der Waals surface area contributed by atoms with Crippen molar-refractivity contribution in [3.63, 3.8) is 0 Å². The van der Waals surface area contributed by atoms with E-state index in [-0.39, 0.29) is 17.8 Å². The minimum atomic E-state index is -0.0132. The highest BCUT2D eigenvalue weighted by Crippen LogP contribution is 2.36. The van der Waals surface area contributed by atoms with Crippen molar-refractivity contribution in [3.8, 4) is 11.5 Å². The first-order valence-electron chi connectivity index (χ1n) is 7.28. The summed E-state index contributed by atoms with van der Waals surface area (Å²) in [7, 11) is 1.66. The molecule has 1 aromatic carbocycles. The predicted molar refractivity (Wildman–Crippen MR) is 80.8 cm³/mol. The van der Waals surface area contributed by atoms with E-state index in [0.29, 0.717) is 0 Å². The molecule has 1 aromatic heterocycles. The lowest BCUT2D eigenvalue weighted by molar-refractivity contribution is 0.390. The molecule has 21 heavy (non-hydrogen) atoms. The minimum Gasteiger partial charge on any atom is -0.508 e. The van der Waals surface area contributed by atoms with Crippen LogP contribution in [0.2, 0.25) is 0 Å². The molecule has 2 heterocycles. The van der Waals surface area contributed by atoms with Crippen LogP contribution in [0.5, 0.6) is 11.5 Å². The third kappa shape index (κ3) is 2.38. The Morgan fingerprint density at radius 3 is 2.95 bits per heavy atom. The number of methoxy groups -OCH3 is 1. The Kier molecular flexibility index (Phi) is 3.59. The maximum atomic E-state index is 9.83. The zero-order chi connectivity index (χ0) is 15.0. The Morgan fingerprint density at radius 2 is 2.24 bits per heavy atom. The number of hydrogen-bond donors (Lipinski definition) is 2. The molecule has 0 fully saturated rings. The lowest BCUT2D eigenvalue weighted by Gasteiger charge is -2.29. The summed E-state index contributed by atoms with van der Waals surface area (Å²) in [5.41, 5.74) is 3.37.